The van der Waals surface area contributed by atoms with Crippen molar-refractivity contribution in [2.75, 3.05) is 6.61 Å². The molecule has 1 aliphatic heterocycles. The predicted octanol–water partition coefficient (Wildman–Crippen LogP) is 3.07. The zero-order valence-corrected chi connectivity index (χ0v) is 7.73. The molecular weight excluding hydrogens is 168 g/mol. The van der Waals surface area contributed by atoms with Crippen molar-refractivity contribution in [2.45, 2.75) is 6.92 Å². The molecular formula is C10H10OS. The minimum Gasteiger partial charge on any atom is -0.496 e. The van der Waals surface area contributed by atoms with E-state index in [-0.39, 0.29) is 0 Å². The van der Waals surface area contributed by atoms with Gasteiger partial charge < -0.3 is 4.74 Å². The van der Waals surface area contributed by atoms with Crippen LogP contribution in [0.5, 0.6) is 0 Å². The second kappa shape index (κ2) is 3.15. The van der Waals surface area contributed by atoms with Crippen LogP contribution in [0.15, 0.2) is 35.4 Å². The summed E-state index contributed by atoms with van der Waals surface area (Å²) in [5, 5.41) is 2.09. The van der Waals surface area contributed by atoms with Crippen LogP contribution in [-0.4, -0.2) is 6.61 Å². The summed E-state index contributed by atoms with van der Waals surface area (Å²) < 4.78 is 5.29. The van der Waals surface area contributed by atoms with Gasteiger partial charge in [0.1, 0.15) is 6.61 Å². The van der Waals surface area contributed by atoms with Crippen molar-refractivity contribution >= 4 is 16.9 Å². The van der Waals surface area contributed by atoms with Gasteiger partial charge in [-0.2, -0.15) is 0 Å². The molecule has 2 rings (SSSR count). The Labute approximate surface area is 76.0 Å². The Hall–Kier alpha value is -1.02. The molecule has 1 nitrogen and oxygen atoms in total. The highest BCUT2D eigenvalue weighted by Crippen LogP contribution is 2.24. The van der Waals surface area contributed by atoms with Gasteiger partial charge in [-0.1, -0.05) is 6.07 Å². The van der Waals surface area contributed by atoms with Crippen molar-refractivity contribution in [1.29, 1.82) is 0 Å². The zero-order valence-electron chi connectivity index (χ0n) is 6.91. The fraction of sp³-hybridized carbons (Fsp3) is 0.200. The lowest BCUT2D eigenvalue weighted by atomic mass is 10.1. The van der Waals surface area contributed by atoms with E-state index in [2.05, 4.69) is 23.6 Å². The van der Waals surface area contributed by atoms with Gasteiger partial charge in [-0.3, -0.25) is 0 Å². The summed E-state index contributed by atoms with van der Waals surface area (Å²) in [6.45, 7) is 2.75. The first-order valence-corrected chi connectivity index (χ1v) is 4.77. The van der Waals surface area contributed by atoms with E-state index in [0.29, 0.717) is 6.61 Å². The fourth-order valence-corrected chi connectivity index (χ4v) is 1.95. The molecule has 0 fully saturated rings. The Morgan fingerprint density at radius 2 is 2.42 bits per heavy atom. The molecule has 0 unspecified atom stereocenters. The maximum atomic E-state index is 5.29. The van der Waals surface area contributed by atoms with Gasteiger partial charge in [-0.05, 0) is 30.0 Å². The molecule has 0 saturated heterocycles. The van der Waals surface area contributed by atoms with E-state index in [1.165, 1.54) is 16.0 Å². The Morgan fingerprint density at radius 3 is 3.08 bits per heavy atom. The van der Waals surface area contributed by atoms with E-state index >= 15 is 0 Å². The summed E-state index contributed by atoms with van der Waals surface area (Å²) in [7, 11) is 0. The number of hydrogen-bond donors (Lipinski definition) is 0. The maximum Gasteiger partial charge on any atom is 0.114 e. The molecule has 1 aromatic heterocycles. The van der Waals surface area contributed by atoms with E-state index in [1.54, 1.807) is 17.6 Å². The zero-order chi connectivity index (χ0) is 8.39. The van der Waals surface area contributed by atoms with Crippen LogP contribution >= 0.6 is 11.3 Å². The van der Waals surface area contributed by atoms with Crippen molar-refractivity contribution in [1.82, 2.24) is 0 Å². The summed E-state index contributed by atoms with van der Waals surface area (Å²) in [5.74, 6) is 0. The molecule has 0 N–H and O–H groups in total. The summed E-state index contributed by atoms with van der Waals surface area (Å²) in [6.07, 6.45) is 3.98. The van der Waals surface area contributed by atoms with E-state index in [9.17, 15) is 0 Å². The summed E-state index contributed by atoms with van der Waals surface area (Å²) in [5.41, 5.74) is 2.47. The molecule has 1 aromatic rings. The number of allylic oxidation sites excluding steroid dienone is 2. The molecule has 12 heavy (non-hydrogen) atoms. The summed E-state index contributed by atoms with van der Waals surface area (Å²) >= 11 is 1.76. The van der Waals surface area contributed by atoms with Gasteiger partial charge in [-0.15, -0.1) is 11.3 Å². The van der Waals surface area contributed by atoms with Gasteiger partial charge in [0.05, 0.1) is 6.26 Å². The molecule has 2 heteroatoms. The van der Waals surface area contributed by atoms with Gasteiger partial charge in [0.15, 0.2) is 0 Å². The van der Waals surface area contributed by atoms with Crippen LogP contribution in [0.1, 0.15) is 11.8 Å². The SMILES string of the molecule is CC1=COCC(c2cccs2)=C1. The third kappa shape index (κ3) is 1.43. The minimum absolute atomic E-state index is 0.706. The van der Waals surface area contributed by atoms with Crippen molar-refractivity contribution in [3.8, 4) is 0 Å². The Morgan fingerprint density at radius 1 is 1.50 bits per heavy atom. The lowest BCUT2D eigenvalue weighted by Crippen LogP contribution is -1.97. The van der Waals surface area contributed by atoms with Gasteiger partial charge >= 0.3 is 0 Å². The predicted molar refractivity (Wildman–Crippen MR) is 52.0 cm³/mol. The van der Waals surface area contributed by atoms with Gasteiger partial charge in [0, 0.05) is 10.5 Å². The highest BCUT2D eigenvalue weighted by molar-refractivity contribution is 7.11. The lowest BCUT2D eigenvalue weighted by Gasteiger charge is -2.10. The molecule has 0 bridgehead atoms. The largest absolute Gasteiger partial charge is 0.496 e. The second-order valence-corrected chi connectivity index (χ2v) is 3.77. The third-order valence-corrected chi connectivity index (χ3v) is 2.69. The van der Waals surface area contributed by atoms with Crippen molar-refractivity contribution in [3.05, 3.63) is 40.3 Å². The molecule has 0 spiro atoms. The third-order valence-electron chi connectivity index (χ3n) is 1.75. The summed E-state index contributed by atoms with van der Waals surface area (Å²) in [4.78, 5) is 1.31. The normalized spacial score (nSPS) is 16.4. The van der Waals surface area contributed by atoms with Crippen molar-refractivity contribution in [3.63, 3.8) is 0 Å². The Kier molecular flexibility index (Phi) is 2.00. The number of rotatable bonds is 1. The van der Waals surface area contributed by atoms with Crippen LogP contribution in [-0.2, 0) is 4.74 Å². The van der Waals surface area contributed by atoms with Crippen molar-refractivity contribution in [2.24, 2.45) is 0 Å². The first-order chi connectivity index (χ1) is 5.86. The first kappa shape index (κ1) is 7.62. The Balaban J connectivity index is 2.31. The van der Waals surface area contributed by atoms with Crippen LogP contribution in [0, 0.1) is 0 Å². The average molecular weight is 178 g/mol. The standard InChI is InChI=1S/C10H10OS/c1-8-5-9(7-11-6-8)10-3-2-4-12-10/h2-6H,7H2,1H3. The van der Waals surface area contributed by atoms with E-state index in [0.717, 1.165) is 0 Å². The smallest absolute Gasteiger partial charge is 0.114 e. The molecule has 2 heterocycles. The van der Waals surface area contributed by atoms with Gasteiger partial charge in [-0.25, -0.2) is 0 Å². The molecule has 0 saturated carbocycles. The van der Waals surface area contributed by atoms with Gasteiger partial charge in [0.2, 0.25) is 0 Å². The average Bonchev–Trinajstić information content (AvgIpc) is 2.56. The number of ether oxygens (including phenoxy) is 1. The molecule has 62 valence electrons. The molecule has 1 aliphatic rings. The van der Waals surface area contributed by atoms with Crippen molar-refractivity contribution < 1.29 is 4.74 Å². The highest BCUT2D eigenvalue weighted by atomic mass is 32.1. The van der Waals surface area contributed by atoms with Crippen LogP contribution in [0.2, 0.25) is 0 Å². The topological polar surface area (TPSA) is 9.23 Å². The van der Waals surface area contributed by atoms with Crippen LogP contribution in [0.3, 0.4) is 0 Å². The number of thiophene rings is 1. The molecule has 0 aliphatic carbocycles. The minimum atomic E-state index is 0.706. The maximum absolute atomic E-state index is 5.29. The lowest BCUT2D eigenvalue weighted by molar-refractivity contribution is 0.290. The highest BCUT2D eigenvalue weighted by Gasteiger charge is 2.06. The van der Waals surface area contributed by atoms with Crippen LogP contribution < -0.4 is 0 Å². The second-order valence-electron chi connectivity index (χ2n) is 2.82. The quantitative estimate of drug-likeness (QED) is 0.642. The van der Waals surface area contributed by atoms with E-state index < -0.39 is 0 Å². The van der Waals surface area contributed by atoms with Gasteiger partial charge in [0.25, 0.3) is 0 Å². The molecule has 0 aromatic carbocycles. The summed E-state index contributed by atoms with van der Waals surface area (Å²) in [6, 6.07) is 4.19. The molecule has 0 amide bonds. The monoisotopic (exact) mass is 178 g/mol. The van der Waals surface area contributed by atoms with Crippen LogP contribution in [0.25, 0.3) is 5.57 Å². The fourth-order valence-electron chi connectivity index (χ4n) is 1.22. The molecule has 0 radical (unpaired) electrons. The Bertz CT molecular complexity index is 320. The molecule has 0 atom stereocenters. The number of hydrogen-bond acceptors (Lipinski definition) is 2. The van der Waals surface area contributed by atoms with Crippen LogP contribution in [0.4, 0.5) is 0 Å². The van der Waals surface area contributed by atoms with E-state index in [4.69, 9.17) is 4.74 Å². The van der Waals surface area contributed by atoms with E-state index in [1.807, 2.05) is 6.92 Å². The first-order valence-electron chi connectivity index (χ1n) is 3.89.